The van der Waals surface area contributed by atoms with Crippen molar-refractivity contribution in [1.82, 2.24) is 0 Å². The van der Waals surface area contributed by atoms with E-state index in [9.17, 15) is 14.9 Å². The van der Waals surface area contributed by atoms with Crippen LogP contribution in [0.15, 0.2) is 66.7 Å². The van der Waals surface area contributed by atoms with Crippen LogP contribution in [0.1, 0.15) is 28.4 Å². The zero-order chi connectivity index (χ0) is 21.0. The van der Waals surface area contributed by atoms with Crippen molar-refractivity contribution in [1.29, 1.82) is 0 Å². The number of aryl methyl sites for hydroxylation is 3. The van der Waals surface area contributed by atoms with Gasteiger partial charge in [0.1, 0.15) is 0 Å². The van der Waals surface area contributed by atoms with Gasteiger partial charge in [0, 0.05) is 17.3 Å². The Bertz CT molecular complexity index is 1050. The largest absolute Gasteiger partial charge is 0.469 e. The molecule has 6 heteroatoms. The second-order valence-corrected chi connectivity index (χ2v) is 6.94. The average Bonchev–Trinajstić information content (AvgIpc) is 2.70. The van der Waals surface area contributed by atoms with Crippen LogP contribution in [0.4, 0.5) is 11.4 Å². The molecule has 1 atom stereocenters. The van der Waals surface area contributed by atoms with Gasteiger partial charge in [-0.25, -0.2) is 0 Å². The first-order valence-corrected chi connectivity index (χ1v) is 9.20. The predicted molar refractivity (Wildman–Crippen MR) is 112 cm³/mol. The zero-order valence-electron chi connectivity index (χ0n) is 16.5. The van der Waals surface area contributed by atoms with Crippen molar-refractivity contribution in [3.05, 3.63) is 99.1 Å². The number of carbonyl (C=O) groups is 1. The van der Waals surface area contributed by atoms with E-state index >= 15 is 0 Å². The third kappa shape index (κ3) is 4.79. The minimum absolute atomic E-state index is 0.0468. The highest BCUT2D eigenvalue weighted by molar-refractivity contribution is 5.95. The van der Waals surface area contributed by atoms with Crippen LogP contribution in [0, 0.1) is 30.9 Å². The monoisotopic (exact) mass is 390 g/mol. The number of carbonyl (C=O) groups excluding carboxylic acids is 1. The lowest BCUT2D eigenvalue weighted by atomic mass is 10.1. The molecule has 3 aromatic carbocycles. The maximum atomic E-state index is 13.1. The van der Waals surface area contributed by atoms with Gasteiger partial charge in [-0.05, 0) is 49.6 Å². The maximum Gasteiger partial charge on any atom is 0.311 e. The Kier molecular flexibility index (Phi) is 5.93. The smallest absolute Gasteiger partial charge is 0.311 e. The van der Waals surface area contributed by atoms with Gasteiger partial charge in [0.2, 0.25) is 6.10 Å². The van der Waals surface area contributed by atoms with Crippen LogP contribution in [0.2, 0.25) is 0 Å². The van der Waals surface area contributed by atoms with Crippen LogP contribution in [0.5, 0.6) is 5.75 Å². The fraction of sp³-hybridized carbons (Fsp3) is 0.174. The number of nitrogens with zero attached hydrogens (tertiary/aromatic N) is 1. The molecule has 0 bridgehead atoms. The minimum atomic E-state index is -1.04. The topological polar surface area (TPSA) is 81.5 Å². The van der Waals surface area contributed by atoms with E-state index in [0.717, 1.165) is 16.7 Å². The highest BCUT2D eigenvalue weighted by Crippen LogP contribution is 2.32. The number of amides is 1. The summed E-state index contributed by atoms with van der Waals surface area (Å²) in [6, 6.07) is 19.4. The summed E-state index contributed by atoms with van der Waals surface area (Å²) in [7, 11) is 0. The number of benzene rings is 3. The van der Waals surface area contributed by atoms with E-state index < -0.39 is 16.9 Å². The van der Waals surface area contributed by atoms with Gasteiger partial charge in [-0.3, -0.25) is 14.9 Å². The average molecular weight is 390 g/mol. The van der Waals surface area contributed by atoms with Crippen molar-refractivity contribution in [3.8, 4) is 5.75 Å². The molecule has 0 fully saturated rings. The summed E-state index contributed by atoms with van der Waals surface area (Å²) >= 11 is 0. The second kappa shape index (κ2) is 8.56. The molecule has 148 valence electrons. The van der Waals surface area contributed by atoms with E-state index in [2.05, 4.69) is 5.32 Å². The number of nitrogens with one attached hydrogen (secondary N) is 1. The van der Waals surface area contributed by atoms with E-state index in [1.165, 1.54) is 12.1 Å². The number of hydrogen-bond donors (Lipinski definition) is 1. The van der Waals surface area contributed by atoms with Crippen LogP contribution in [-0.2, 0) is 4.79 Å². The molecule has 0 unspecified atom stereocenters. The van der Waals surface area contributed by atoms with Gasteiger partial charge in [-0.2, -0.15) is 0 Å². The Balaban J connectivity index is 1.97. The highest BCUT2D eigenvalue weighted by Gasteiger charge is 2.27. The molecule has 3 aromatic rings. The summed E-state index contributed by atoms with van der Waals surface area (Å²) in [4.78, 5) is 24.1. The number of anilines is 1. The number of nitro benzene ring substituents is 1. The van der Waals surface area contributed by atoms with Gasteiger partial charge in [-0.15, -0.1) is 0 Å². The first kappa shape index (κ1) is 20.1. The minimum Gasteiger partial charge on any atom is -0.469 e. The molecular formula is C23H22N2O4. The summed E-state index contributed by atoms with van der Waals surface area (Å²) in [6.07, 6.45) is -1.04. The summed E-state index contributed by atoms with van der Waals surface area (Å²) in [6.45, 7) is 5.60. The molecule has 1 N–H and O–H groups in total. The summed E-state index contributed by atoms with van der Waals surface area (Å²) < 4.78 is 5.90. The van der Waals surface area contributed by atoms with Crippen molar-refractivity contribution in [2.45, 2.75) is 26.9 Å². The molecule has 29 heavy (non-hydrogen) atoms. The van der Waals surface area contributed by atoms with Crippen LogP contribution in [0.25, 0.3) is 0 Å². The molecule has 0 aliphatic carbocycles. The molecule has 0 radical (unpaired) electrons. The SMILES string of the molecule is Cc1ccc(C)c(NC(=O)[C@@H](Oc2ccc(C)cc2[N+](=O)[O-])c2ccccc2)c1. The standard InChI is InChI=1S/C23H22N2O4/c1-15-9-11-17(3)19(13-15)24-23(26)22(18-7-5-4-6-8-18)29-21-12-10-16(2)14-20(21)25(27)28/h4-14,22H,1-3H3,(H,24,26)/t22-/m0/s1. The molecule has 0 saturated carbocycles. The van der Waals surface area contributed by atoms with Crippen LogP contribution >= 0.6 is 0 Å². The molecule has 0 aromatic heterocycles. The molecule has 6 nitrogen and oxygen atoms in total. The Morgan fingerprint density at radius 1 is 0.966 bits per heavy atom. The molecule has 0 saturated heterocycles. The lowest BCUT2D eigenvalue weighted by Gasteiger charge is -2.20. The fourth-order valence-electron chi connectivity index (χ4n) is 2.97. The van der Waals surface area contributed by atoms with Crippen molar-refractivity contribution in [2.75, 3.05) is 5.32 Å². The molecule has 3 rings (SSSR count). The number of ether oxygens (including phenoxy) is 1. The molecule has 0 aliphatic heterocycles. The van der Waals surface area contributed by atoms with Gasteiger partial charge in [0.05, 0.1) is 4.92 Å². The molecule has 0 heterocycles. The van der Waals surface area contributed by atoms with E-state index in [1.54, 1.807) is 37.3 Å². The lowest BCUT2D eigenvalue weighted by molar-refractivity contribution is -0.386. The van der Waals surface area contributed by atoms with Gasteiger partial charge in [-0.1, -0.05) is 48.5 Å². The van der Waals surface area contributed by atoms with Crippen molar-refractivity contribution < 1.29 is 14.5 Å². The normalized spacial score (nSPS) is 11.6. The first-order valence-electron chi connectivity index (χ1n) is 9.20. The third-order valence-electron chi connectivity index (χ3n) is 4.55. The van der Waals surface area contributed by atoms with Gasteiger partial charge in [0.15, 0.2) is 5.75 Å². The summed E-state index contributed by atoms with van der Waals surface area (Å²) in [5, 5.41) is 14.4. The van der Waals surface area contributed by atoms with E-state index in [1.807, 2.05) is 38.1 Å². The summed E-state index contributed by atoms with van der Waals surface area (Å²) in [5.74, 6) is -0.356. The summed E-state index contributed by atoms with van der Waals surface area (Å²) in [5.41, 5.74) is 3.77. The maximum absolute atomic E-state index is 13.1. The van der Waals surface area contributed by atoms with E-state index in [-0.39, 0.29) is 11.4 Å². The van der Waals surface area contributed by atoms with Crippen LogP contribution in [0.3, 0.4) is 0 Å². The Morgan fingerprint density at radius 2 is 1.62 bits per heavy atom. The second-order valence-electron chi connectivity index (χ2n) is 6.94. The van der Waals surface area contributed by atoms with E-state index in [4.69, 9.17) is 4.74 Å². The van der Waals surface area contributed by atoms with Gasteiger partial charge < -0.3 is 10.1 Å². The van der Waals surface area contributed by atoms with Crippen LogP contribution in [-0.4, -0.2) is 10.8 Å². The van der Waals surface area contributed by atoms with E-state index in [0.29, 0.717) is 11.3 Å². The quantitative estimate of drug-likeness (QED) is 0.459. The highest BCUT2D eigenvalue weighted by atomic mass is 16.6. The molecule has 1 amide bonds. The van der Waals surface area contributed by atoms with Crippen molar-refractivity contribution in [2.24, 2.45) is 0 Å². The third-order valence-corrected chi connectivity index (χ3v) is 4.55. The van der Waals surface area contributed by atoms with Gasteiger partial charge in [0.25, 0.3) is 5.91 Å². The number of nitro groups is 1. The van der Waals surface area contributed by atoms with Crippen molar-refractivity contribution >= 4 is 17.3 Å². The van der Waals surface area contributed by atoms with Crippen molar-refractivity contribution in [3.63, 3.8) is 0 Å². The molecular weight excluding hydrogens is 368 g/mol. The number of rotatable bonds is 6. The lowest BCUT2D eigenvalue weighted by Crippen LogP contribution is -2.26. The Labute approximate surface area is 169 Å². The van der Waals surface area contributed by atoms with Gasteiger partial charge >= 0.3 is 5.69 Å². The zero-order valence-corrected chi connectivity index (χ0v) is 16.5. The fourth-order valence-corrected chi connectivity index (χ4v) is 2.97. The molecule has 0 aliphatic rings. The molecule has 0 spiro atoms. The Hall–Kier alpha value is -3.67. The predicted octanol–water partition coefficient (Wildman–Crippen LogP) is 5.28. The first-order chi connectivity index (χ1) is 13.8. The van der Waals surface area contributed by atoms with Crippen LogP contribution < -0.4 is 10.1 Å². The Morgan fingerprint density at radius 3 is 2.31 bits per heavy atom. The number of hydrogen-bond acceptors (Lipinski definition) is 4.